The lowest BCUT2D eigenvalue weighted by molar-refractivity contribution is 1.41. The lowest BCUT2D eigenvalue weighted by atomic mass is 10.1. The number of benzene rings is 2. The second-order valence-corrected chi connectivity index (χ2v) is 4.40. The fraction of sp³-hybridized carbons (Fsp3) is 0.188. The number of rotatable bonds is 2. The van der Waals surface area contributed by atoms with E-state index < -0.39 is 0 Å². The molecule has 0 spiro atoms. The Balaban J connectivity index is 2.27. The smallest absolute Gasteiger partial charge is 0.0633 e. The zero-order valence-electron chi connectivity index (χ0n) is 10.6. The minimum Gasteiger partial charge on any atom is -0.253 e. The van der Waals surface area contributed by atoms with E-state index in [0.717, 1.165) is 11.4 Å². The van der Waals surface area contributed by atoms with Gasteiger partial charge in [-0.05, 0) is 38.5 Å². The molecule has 86 valence electrons. The summed E-state index contributed by atoms with van der Waals surface area (Å²) < 4.78 is 0. The number of aryl methyl sites for hydroxylation is 2. The average Bonchev–Trinajstić information content (AvgIpc) is 2.33. The van der Waals surface area contributed by atoms with Gasteiger partial charge in [0.15, 0.2) is 0 Å². The molecule has 0 N–H and O–H groups in total. The van der Waals surface area contributed by atoms with E-state index in [1.54, 1.807) is 0 Å². The maximum Gasteiger partial charge on any atom is 0.0633 e. The van der Waals surface area contributed by atoms with Gasteiger partial charge in [0.1, 0.15) is 0 Å². The summed E-state index contributed by atoms with van der Waals surface area (Å²) in [5.74, 6) is 0. The first-order valence-electron chi connectivity index (χ1n) is 5.84. The van der Waals surface area contributed by atoms with Crippen molar-refractivity contribution in [2.24, 2.45) is 4.99 Å². The molecule has 1 heteroatoms. The van der Waals surface area contributed by atoms with Gasteiger partial charge in [0.25, 0.3) is 0 Å². The largest absolute Gasteiger partial charge is 0.253 e. The van der Waals surface area contributed by atoms with E-state index in [-0.39, 0.29) is 0 Å². The summed E-state index contributed by atoms with van der Waals surface area (Å²) in [7, 11) is 0. The Morgan fingerprint density at radius 2 is 1.24 bits per heavy atom. The van der Waals surface area contributed by atoms with Crippen LogP contribution < -0.4 is 0 Å². The molecule has 0 saturated carbocycles. The van der Waals surface area contributed by atoms with Crippen LogP contribution in [-0.2, 0) is 0 Å². The van der Waals surface area contributed by atoms with E-state index in [1.165, 1.54) is 16.7 Å². The normalized spacial score (nSPS) is 11.6. The van der Waals surface area contributed by atoms with Crippen LogP contribution in [0.1, 0.15) is 23.6 Å². The Morgan fingerprint density at radius 1 is 0.765 bits per heavy atom. The summed E-state index contributed by atoms with van der Waals surface area (Å²) in [5, 5.41) is 0. The quantitative estimate of drug-likeness (QED) is 0.667. The topological polar surface area (TPSA) is 12.4 Å². The average molecular weight is 223 g/mol. The van der Waals surface area contributed by atoms with Gasteiger partial charge in [-0.15, -0.1) is 0 Å². The van der Waals surface area contributed by atoms with E-state index in [2.05, 4.69) is 55.2 Å². The zero-order valence-corrected chi connectivity index (χ0v) is 10.6. The first kappa shape index (κ1) is 11.6. The zero-order chi connectivity index (χ0) is 12.3. The Kier molecular flexibility index (Phi) is 3.38. The van der Waals surface area contributed by atoms with Crippen molar-refractivity contribution in [1.29, 1.82) is 0 Å². The highest BCUT2D eigenvalue weighted by atomic mass is 14.7. The third-order valence-corrected chi connectivity index (χ3v) is 2.80. The highest BCUT2D eigenvalue weighted by Gasteiger charge is 1.97. The molecule has 0 amide bonds. The molecule has 17 heavy (non-hydrogen) atoms. The maximum absolute atomic E-state index is 4.62. The van der Waals surface area contributed by atoms with Gasteiger partial charge in [-0.3, -0.25) is 4.99 Å². The minimum atomic E-state index is 1.01. The summed E-state index contributed by atoms with van der Waals surface area (Å²) >= 11 is 0. The molecule has 2 aromatic carbocycles. The molecule has 0 radical (unpaired) electrons. The van der Waals surface area contributed by atoms with E-state index in [0.29, 0.717) is 0 Å². The molecular weight excluding hydrogens is 206 g/mol. The van der Waals surface area contributed by atoms with Crippen molar-refractivity contribution >= 4 is 11.4 Å². The molecule has 0 aliphatic carbocycles. The third kappa shape index (κ3) is 3.04. The second-order valence-electron chi connectivity index (χ2n) is 4.40. The molecule has 0 bridgehead atoms. The second kappa shape index (κ2) is 4.96. The van der Waals surface area contributed by atoms with Crippen LogP contribution in [0.3, 0.4) is 0 Å². The van der Waals surface area contributed by atoms with Crippen LogP contribution in [-0.4, -0.2) is 5.71 Å². The van der Waals surface area contributed by atoms with Crippen LogP contribution in [0, 0.1) is 13.8 Å². The van der Waals surface area contributed by atoms with E-state index in [9.17, 15) is 0 Å². The van der Waals surface area contributed by atoms with Crippen LogP contribution in [0.2, 0.25) is 0 Å². The summed E-state index contributed by atoms with van der Waals surface area (Å²) in [6.45, 7) is 6.22. The number of nitrogens with zero attached hydrogens (tertiary/aromatic N) is 1. The molecule has 2 aromatic rings. The van der Waals surface area contributed by atoms with Crippen molar-refractivity contribution in [3.8, 4) is 0 Å². The van der Waals surface area contributed by atoms with Crippen molar-refractivity contribution in [3.05, 3.63) is 65.2 Å². The predicted octanol–water partition coefficient (Wildman–Crippen LogP) is 4.44. The van der Waals surface area contributed by atoms with Crippen LogP contribution in [0.5, 0.6) is 0 Å². The molecule has 0 atom stereocenters. The van der Waals surface area contributed by atoms with Crippen LogP contribution in [0.4, 0.5) is 5.69 Å². The number of aliphatic imine (C=N–C) groups is 1. The predicted molar refractivity (Wildman–Crippen MR) is 74.2 cm³/mol. The summed E-state index contributed by atoms with van der Waals surface area (Å²) in [6.07, 6.45) is 0. The molecule has 0 aromatic heterocycles. The van der Waals surface area contributed by atoms with Gasteiger partial charge in [0.2, 0.25) is 0 Å². The van der Waals surface area contributed by atoms with Gasteiger partial charge in [0.05, 0.1) is 5.69 Å². The first-order chi connectivity index (χ1) is 8.15. The highest BCUT2D eigenvalue weighted by molar-refractivity contribution is 6.00. The fourth-order valence-electron chi connectivity index (χ4n) is 1.67. The van der Waals surface area contributed by atoms with Crippen molar-refractivity contribution < 1.29 is 0 Å². The number of hydrogen-bond donors (Lipinski definition) is 0. The minimum absolute atomic E-state index is 1.01. The van der Waals surface area contributed by atoms with E-state index in [4.69, 9.17) is 0 Å². The molecule has 0 aliphatic heterocycles. The van der Waals surface area contributed by atoms with Gasteiger partial charge in [0, 0.05) is 5.71 Å². The lowest BCUT2D eigenvalue weighted by Crippen LogP contribution is -1.93. The Morgan fingerprint density at radius 3 is 1.76 bits per heavy atom. The van der Waals surface area contributed by atoms with Gasteiger partial charge in [-0.25, -0.2) is 0 Å². The standard InChI is InChI=1S/C16H17N/c1-12-4-8-15(9-5-12)14(3)17-16-10-6-13(2)7-11-16/h4-11H,1-3H3. The Labute approximate surface area is 103 Å². The number of hydrogen-bond acceptors (Lipinski definition) is 1. The van der Waals surface area contributed by atoms with Crippen molar-refractivity contribution in [2.45, 2.75) is 20.8 Å². The van der Waals surface area contributed by atoms with Crippen LogP contribution in [0.25, 0.3) is 0 Å². The molecule has 0 aliphatic rings. The van der Waals surface area contributed by atoms with Crippen molar-refractivity contribution in [1.82, 2.24) is 0 Å². The molecule has 1 nitrogen and oxygen atoms in total. The molecule has 0 saturated heterocycles. The molecule has 0 fully saturated rings. The third-order valence-electron chi connectivity index (χ3n) is 2.80. The van der Waals surface area contributed by atoms with Crippen LogP contribution in [0.15, 0.2) is 53.5 Å². The summed E-state index contributed by atoms with van der Waals surface area (Å²) in [4.78, 5) is 4.62. The van der Waals surface area contributed by atoms with Gasteiger partial charge in [-0.2, -0.15) is 0 Å². The Bertz CT molecular complexity index is 518. The maximum atomic E-state index is 4.62. The lowest BCUT2D eigenvalue weighted by Gasteiger charge is -2.02. The molecule has 0 unspecified atom stereocenters. The van der Waals surface area contributed by atoms with Gasteiger partial charge in [-0.1, -0.05) is 47.5 Å². The Hall–Kier alpha value is -1.89. The van der Waals surface area contributed by atoms with E-state index >= 15 is 0 Å². The highest BCUT2D eigenvalue weighted by Crippen LogP contribution is 2.15. The summed E-state index contributed by atoms with van der Waals surface area (Å²) in [6, 6.07) is 16.7. The van der Waals surface area contributed by atoms with Crippen molar-refractivity contribution in [3.63, 3.8) is 0 Å². The van der Waals surface area contributed by atoms with Gasteiger partial charge < -0.3 is 0 Å². The van der Waals surface area contributed by atoms with Crippen LogP contribution >= 0.6 is 0 Å². The summed E-state index contributed by atoms with van der Waals surface area (Å²) in [5.41, 5.74) is 5.77. The molecule has 0 heterocycles. The SMILES string of the molecule is CC(=Nc1ccc(C)cc1)c1ccc(C)cc1. The first-order valence-corrected chi connectivity index (χ1v) is 5.84. The fourth-order valence-corrected chi connectivity index (χ4v) is 1.67. The van der Waals surface area contributed by atoms with E-state index in [1.807, 2.05) is 19.1 Å². The molecule has 2 rings (SSSR count). The van der Waals surface area contributed by atoms with Gasteiger partial charge >= 0.3 is 0 Å². The van der Waals surface area contributed by atoms with Crippen molar-refractivity contribution in [2.75, 3.05) is 0 Å². The monoisotopic (exact) mass is 223 g/mol. The molecular formula is C16H17N.